The summed E-state index contributed by atoms with van der Waals surface area (Å²) in [6, 6.07) is 9.84. The Morgan fingerprint density at radius 3 is 2.70 bits per heavy atom. The van der Waals surface area contributed by atoms with E-state index >= 15 is 0 Å². The van der Waals surface area contributed by atoms with E-state index < -0.39 is 4.92 Å². The van der Waals surface area contributed by atoms with E-state index in [-0.39, 0.29) is 24.0 Å². The number of hydrogen-bond acceptors (Lipinski definition) is 5. The van der Waals surface area contributed by atoms with Crippen LogP contribution < -0.4 is 10.1 Å². The predicted octanol–water partition coefficient (Wildman–Crippen LogP) is 2.47. The first kappa shape index (κ1) is 16.4. The third kappa shape index (κ3) is 5.39. The number of nitro groups is 1. The molecule has 1 amide bonds. The Hall–Kier alpha value is -2.96. The molecule has 0 saturated heterocycles. The molecule has 0 atom stereocenters. The molecule has 120 valence electrons. The number of benzene rings is 1. The molecule has 0 aliphatic heterocycles. The molecule has 0 bridgehead atoms. The Bertz CT molecular complexity index is 661. The number of nitrogens with one attached hydrogen (secondary N) is 1. The zero-order valence-corrected chi connectivity index (χ0v) is 12.5. The van der Waals surface area contributed by atoms with Gasteiger partial charge in [-0.1, -0.05) is 12.1 Å². The van der Waals surface area contributed by atoms with Gasteiger partial charge in [-0.2, -0.15) is 0 Å². The van der Waals surface area contributed by atoms with Gasteiger partial charge in [-0.25, -0.2) is 0 Å². The van der Waals surface area contributed by atoms with Crippen molar-refractivity contribution in [3.05, 3.63) is 64.5 Å². The van der Waals surface area contributed by atoms with Gasteiger partial charge < -0.3 is 10.1 Å². The highest BCUT2D eigenvalue weighted by molar-refractivity contribution is 5.75. The van der Waals surface area contributed by atoms with Crippen LogP contribution in [-0.4, -0.2) is 22.4 Å². The van der Waals surface area contributed by atoms with Crippen molar-refractivity contribution in [3.63, 3.8) is 0 Å². The molecule has 7 nitrogen and oxygen atoms in total. The van der Waals surface area contributed by atoms with Gasteiger partial charge >= 0.3 is 5.69 Å². The second-order valence-electron chi connectivity index (χ2n) is 4.81. The van der Waals surface area contributed by atoms with Crippen molar-refractivity contribution < 1.29 is 14.5 Å². The molecule has 0 radical (unpaired) electrons. The molecular weight excluding hydrogens is 298 g/mol. The summed E-state index contributed by atoms with van der Waals surface area (Å²) in [5.41, 5.74) is 0.902. The van der Waals surface area contributed by atoms with Crippen LogP contribution in [-0.2, 0) is 11.3 Å². The molecule has 0 aliphatic carbocycles. The molecule has 0 aliphatic rings. The standard InChI is InChI=1S/C16H17N3O4/c20-16(18-12-13-7-9-17-10-8-13)6-3-11-23-15-5-2-1-4-14(15)19(21)22/h1-2,4-5,7-10H,3,6,11-12H2,(H,18,20). The second-order valence-corrected chi connectivity index (χ2v) is 4.81. The summed E-state index contributed by atoms with van der Waals surface area (Å²) >= 11 is 0. The highest BCUT2D eigenvalue weighted by Gasteiger charge is 2.13. The predicted molar refractivity (Wildman–Crippen MR) is 83.9 cm³/mol. The van der Waals surface area contributed by atoms with Crippen LogP contribution in [0.15, 0.2) is 48.8 Å². The maximum absolute atomic E-state index is 11.7. The van der Waals surface area contributed by atoms with Crippen LogP contribution in [0.3, 0.4) is 0 Å². The number of rotatable bonds is 8. The van der Waals surface area contributed by atoms with E-state index in [9.17, 15) is 14.9 Å². The SMILES string of the molecule is O=C(CCCOc1ccccc1[N+](=O)[O-])NCc1ccncc1. The van der Waals surface area contributed by atoms with Gasteiger partial charge in [-0.05, 0) is 30.2 Å². The Kier molecular flexibility index (Phi) is 6.05. The second kappa shape index (κ2) is 8.47. The number of para-hydroxylation sites is 2. The minimum Gasteiger partial charge on any atom is -0.487 e. The third-order valence-corrected chi connectivity index (χ3v) is 3.11. The van der Waals surface area contributed by atoms with Gasteiger partial charge in [0.1, 0.15) is 0 Å². The molecule has 1 aromatic carbocycles. The normalized spacial score (nSPS) is 10.1. The van der Waals surface area contributed by atoms with Crippen LogP contribution in [0.1, 0.15) is 18.4 Å². The van der Waals surface area contributed by atoms with Crippen molar-refractivity contribution in [1.29, 1.82) is 0 Å². The molecule has 1 N–H and O–H groups in total. The number of aromatic nitrogens is 1. The maximum Gasteiger partial charge on any atom is 0.310 e. The average Bonchev–Trinajstić information content (AvgIpc) is 2.58. The van der Waals surface area contributed by atoms with Crippen molar-refractivity contribution in [1.82, 2.24) is 10.3 Å². The number of nitro benzene ring substituents is 1. The van der Waals surface area contributed by atoms with E-state index in [2.05, 4.69) is 10.3 Å². The smallest absolute Gasteiger partial charge is 0.310 e. The van der Waals surface area contributed by atoms with Crippen LogP contribution in [0.25, 0.3) is 0 Å². The highest BCUT2D eigenvalue weighted by atomic mass is 16.6. The number of nitrogens with zero attached hydrogens (tertiary/aromatic N) is 2. The monoisotopic (exact) mass is 315 g/mol. The van der Waals surface area contributed by atoms with E-state index in [0.29, 0.717) is 19.4 Å². The summed E-state index contributed by atoms with van der Waals surface area (Å²) in [5, 5.41) is 13.6. The number of pyridine rings is 1. The lowest BCUT2D eigenvalue weighted by atomic mass is 10.2. The van der Waals surface area contributed by atoms with E-state index in [1.807, 2.05) is 12.1 Å². The number of amides is 1. The molecule has 0 unspecified atom stereocenters. The van der Waals surface area contributed by atoms with Gasteiger partial charge in [-0.15, -0.1) is 0 Å². The summed E-state index contributed by atoms with van der Waals surface area (Å²) < 4.78 is 5.38. The van der Waals surface area contributed by atoms with Gasteiger partial charge in [0, 0.05) is 31.4 Å². The summed E-state index contributed by atoms with van der Waals surface area (Å²) in [6.45, 7) is 0.694. The summed E-state index contributed by atoms with van der Waals surface area (Å²) in [5.74, 6) is 0.127. The summed E-state index contributed by atoms with van der Waals surface area (Å²) in [6.07, 6.45) is 4.12. The molecule has 0 spiro atoms. The molecule has 0 saturated carbocycles. The minimum atomic E-state index is -0.489. The van der Waals surface area contributed by atoms with Crippen LogP contribution in [0.4, 0.5) is 5.69 Å². The molecule has 23 heavy (non-hydrogen) atoms. The molecule has 7 heteroatoms. The van der Waals surface area contributed by atoms with Crippen molar-refractivity contribution in [2.24, 2.45) is 0 Å². The first-order valence-corrected chi connectivity index (χ1v) is 7.18. The molecule has 2 aromatic rings. The van der Waals surface area contributed by atoms with E-state index in [1.165, 1.54) is 6.07 Å². The Morgan fingerprint density at radius 1 is 1.22 bits per heavy atom. The van der Waals surface area contributed by atoms with Crippen LogP contribution >= 0.6 is 0 Å². The van der Waals surface area contributed by atoms with Gasteiger partial charge in [0.05, 0.1) is 11.5 Å². The first-order valence-electron chi connectivity index (χ1n) is 7.18. The third-order valence-electron chi connectivity index (χ3n) is 3.11. The number of hydrogen-bond donors (Lipinski definition) is 1. The van der Waals surface area contributed by atoms with Gasteiger partial charge in [-0.3, -0.25) is 19.9 Å². The van der Waals surface area contributed by atoms with Crippen molar-refractivity contribution in [2.75, 3.05) is 6.61 Å². The fraction of sp³-hybridized carbons (Fsp3) is 0.250. The maximum atomic E-state index is 11.7. The van der Waals surface area contributed by atoms with Crippen molar-refractivity contribution in [2.45, 2.75) is 19.4 Å². The number of carbonyl (C=O) groups excluding carboxylic acids is 1. The van der Waals surface area contributed by atoms with E-state index in [0.717, 1.165) is 5.56 Å². The minimum absolute atomic E-state index is 0.0744. The number of carbonyl (C=O) groups is 1. The van der Waals surface area contributed by atoms with Gasteiger partial charge in [0.25, 0.3) is 0 Å². The summed E-state index contributed by atoms with van der Waals surface area (Å²) in [7, 11) is 0. The molecule has 1 aromatic heterocycles. The summed E-state index contributed by atoms with van der Waals surface area (Å²) in [4.78, 5) is 26.0. The quantitative estimate of drug-likeness (QED) is 0.459. The van der Waals surface area contributed by atoms with Crippen LogP contribution in [0.2, 0.25) is 0 Å². The largest absolute Gasteiger partial charge is 0.487 e. The Morgan fingerprint density at radius 2 is 1.96 bits per heavy atom. The topological polar surface area (TPSA) is 94.4 Å². The fourth-order valence-electron chi connectivity index (χ4n) is 1.93. The van der Waals surface area contributed by atoms with Crippen LogP contribution in [0, 0.1) is 10.1 Å². The Balaban J connectivity index is 1.69. The van der Waals surface area contributed by atoms with Crippen molar-refractivity contribution >= 4 is 11.6 Å². The zero-order chi connectivity index (χ0) is 16.5. The lowest BCUT2D eigenvalue weighted by Crippen LogP contribution is -2.23. The van der Waals surface area contributed by atoms with E-state index in [1.54, 1.807) is 30.6 Å². The van der Waals surface area contributed by atoms with Crippen LogP contribution in [0.5, 0.6) is 5.75 Å². The average molecular weight is 315 g/mol. The molecule has 2 rings (SSSR count). The first-order chi connectivity index (χ1) is 11.2. The lowest BCUT2D eigenvalue weighted by molar-refractivity contribution is -0.385. The fourth-order valence-corrected chi connectivity index (χ4v) is 1.93. The van der Waals surface area contributed by atoms with Gasteiger partial charge in [0.15, 0.2) is 5.75 Å². The van der Waals surface area contributed by atoms with E-state index in [4.69, 9.17) is 4.74 Å². The zero-order valence-electron chi connectivity index (χ0n) is 12.5. The number of ether oxygens (including phenoxy) is 1. The molecule has 1 heterocycles. The highest BCUT2D eigenvalue weighted by Crippen LogP contribution is 2.25. The lowest BCUT2D eigenvalue weighted by Gasteiger charge is -2.07. The van der Waals surface area contributed by atoms with Gasteiger partial charge in [0.2, 0.25) is 5.91 Å². The molecule has 0 fully saturated rings. The van der Waals surface area contributed by atoms with Crippen molar-refractivity contribution in [3.8, 4) is 5.75 Å². The molecular formula is C16H17N3O4. The Labute approximate surface area is 133 Å².